The van der Waals surface area contributed by atoms with E-state index < -0.39 is 0 Å². The molecule has 2 heterocycles. The smallest absolute Gasteiger partial charge is 0.151 e. The van der Waals surface area contributed by atoms with E-state index in [0.717, 1.165) is 40.5 Å². The highest BCUT2D eigenvalue weighted by atomic mass is 16.5. The fourth-order valence-corrected chi connectivity index (χ4v) is 3.80. The molecule has 5 rings (SSSR count). The van der Waals surface area contributed by atoms with Crippen LogP contribution < -0.4 is 4.74 Å². The van der Waals surface area contributed by atoms with E-state index in [2.05, 4.69) is 59.3 Å². The van der Waals surface area contributed by atoms with Gasteiger partial charge in [-0.3, -0.25) is 0 Å². The fourth-order valence-electron chi connectivity index (χ4n) is 3.80. The van der Waals surface area contributed by atoms with E-state index in [4.69, 9.17) is 14.8 Å². The molecule has 0 N–H and O–H groups in total. The van der Waals surface area contributed by atoms with Gasteiger partial charge in [0, 0.05) is 18.1 Å². The van der Waals surface area contributed by atoms with Crippen LogP contribution in [0.5, 0.6) is 5.75 Å². The number of ether oxygens (including phenoxy) is 1. The maximum Gasteiger partial charge on any atom is 0.151 e. The molecule has 0 radical (unpaired) electrons. The molecule has 3 aromatic carbocycles. The Morgan fingerprint density at radius 3 is 2.21 bits per heavy atom. The van der Waals surface area contributed by atoms with Crippen LogP contribution in [0.1, 0.15) is 23.6 Å². The summed E-state index contributed by atoms with van der Waals surface area (Å²) in [6, 6.07) is 31.1. The van der Waals surface area contributed by atoms with Crippen molar-refractivity contribution in [3.8, 4) is 17.0 Å². The first-order chi connectivity index (χ1) is 14.3. The lowest BCUT2D eigenvalue weighted by atomic mass is 9.96. The van der Waals surface area contributed by atoms with Crippen molar-refractivity contribution < 1.29 is 4.74 Å². The Morgan fingerprint density at radius 1 is 0.828 bits per heavy atom. The number of fused-ring (bicyclic) bond motifs is 1. The number of hydrogen-bond donors (Lipinski definition) is 0. The van der Waals surface area contributed by atoms with Crippen LogP contribution in [-0.2, 0) is 0 Å². The second kappa shape index (κ2) is 7.40. The lowest BCUT2D eigenvalue weighted by Gasteiger charge is -2.25. The van der Waals surface area contributed by atoms with Crippen molar-refractivity contribution in [2.45, 2.75) is 12.5 Å². The van der Waals surface area contributed by atoms with Crippen LogP contribution in [0.25, 0.3) is 11.3 Å². The summed E-state index contributed by atoms with van der Waals surface area (Å²) in [5, 5.41) is 4.92. The van der Waals surface area contributed by atoms with Gasteiger partial charge >= 0.3 is 0 Å². The third-order valence-corrected chi connectivity index (χ3v) is 5.32. The molecule has 1 atom stereocenters. The second-order valence-corrected chi connectivity index (χ2v) is 7.12. The van der Waals surface area contributed by atoms with E-state index in [-0.39, 0.29) is 6.04 Å². The Labute approximate surface area is 170 Å². The summed E-state index contributed by atoms with van der Waals surface area (Å²) in [6.07, 6.45) is 0.791. The Balaban J connectivity index is 1.62. The van der Waals surface area contributed by atoms with Crippen molar-refractivity contribution in [2.24, 2.45) is 4.99 Å². The summed E-state index contributed by atoms with van der Waals surface area (Å²) in [5.41, 5.74) is 5.45. The standard InChI is InChI=1S/C25H21N3O/c1-29-21-14-12-19(13-15-21)22-16-24(20-10-6-3-7-11-20)28-25(26-22)17-23(27-28)18-8-4-2-5-9-18/h2-15,17,24H,16H2,1H3. The van der Waals surface area contributed by atoms with E-state index >= 15 is 0 Å². The SMILES string of the molecule is COc1ccc(C2=Nc3cc(-c4ccccc4)nn3C(c3ccccc3)C2)cc1. The Kier molecular flexibility index (Phi) is 4.45. The van der Waals surface area contributed by atoms with Crippen molar-refractivity contribution in [1.29, 1.82) is 0 Å². The van der Waals surface area contributed by atoms with Gasteiger partial charge in [-0.05, 0) is 35.4 Å². The van der Waals surface area contributed by atoms with Crippen LogP contribution in [0.2, 0.25) is 0 Å². The highest BCUT2D eigenvalue weighted by molar-refractivity contribution is 6.03. The van der Waals surface area contributed by atoms with Gasteiger partial charge in [-0.2, -0.15) is 5.10 Å². The van der Waals surface area contributed by atoms with E-state index in [1.54, 1.807) is 7.11 Å². The summed E-state index contributed by atoms with van der Waals surface area (Å²) in [4.78, 5) is 4.97. The third kappa shape index (κ3) is 3.34. The number of methoxy groups -OCH3 is 1. The van der Waals surface area contributed by atoms with Gasteiger partial charge in [-0.15, -0.1) is 0 Å². The molecule has 4 heteroatoms. The Morgan fingerprint density at radius 2 is 1.52 bits per heavy atom. The molecule has 4 nitrogen and oxygen atoms in total. The van der Waals surface area contributed by atoms with Gasteiger partial charge in [0.15, 0.2) is 5.82 Å². The molecule has 0 saturated carbocycles. The van der Waals surface area contributed by atoms with Crippen molar-refractivity contribution >= 4 is 11.5 Å². The number of aliphatic imine (C=N–C) groups is 1. The molecule has 4 aromatic rings. The molecule has 1 aliphatic heterocycles. The predicted molar refractivity (Wildman–Crippen MR) is 116 cm³/mol. The van der Waals surface area contributed by atoms with Crippen LogP contribution in [0.3, 0.4) is 0 Å². The topological polar surface area (TPSA) is 39.4 Å². The molecule has 0 saturated heterocycles. The van der Waals surface area contributed by atoms with E-state index in [9.17, 15) is 0 Å². The lowest BCUT2D eigenvalue weighted by molar-refractivity contribution is 0.415. The number of hydrogen-bond acceptors (Lipinski definition) is 3. The molecule has 1 aromatic heterocycles. The molecule has 0 amide bonds. The van der Waals surface area contributed by atoms with Crippen LogP contribution in [0.4, 0.5) is 5.82 Å². The maximum atomic E-state index is 5.30. The minimum Gasteiger partial charge on any atom is -0.497 e. The molecule has 0 bridgehead atoms. The zero-order valence-corrected chi connectivity index (χ0v) is 16.2. The van der Waals surface area contributed by atoms with E-state index in [0.29, 0.717) is 0 Å². The molecule has 0 aliphatic carbocycles. The molecule has 1 unspecified atom stereocenters. The largest absolute Gasteiger partial charge is 0.497 e. The summed E-state index contributed by atoms with van der Waals surface area (Å²) in [7, 11) is 1.68. The summed E-state index contributed by atoms with van der Waals surface area (Å²) < 4.78 is 7.36. The van der Waals surface area contributed by atoms with Crippen molar-refractivity contribution in [2.75, 3.05) is 7.11 Å². The summed E-state index contributed by atoms with van der Waals surface area (Å²) >= 11 is 0. The molecule has 1 aliphatic rings. The zero-order valence-electron chi connectivity index (χ0n) is 16.2. The third-order valence-electron chi connectivity index (χ3n) is 5.32. The maximum absolute atomic E-state index is 5.30. The number of rotatable bonds is 4. The van der Waals surface area contributed by atoms with Gasteiger partial charge < -0.3 is 4.74 Å². The van der Waals surface area contributed by atoms with Gasteiger partial charge in [0.25, 0.3) is 0 Å². The van der Waals surface area contributed by atoms with Crippen molar-refractivity contribution in [1.82, 2.24) is 9.78 Å². The summed E-state index contributed by atoms with van der Waals surface area (Å²) in [6.45, 7) is 0. The first kappa shape index (κ1) is 17.4. The van der Waals surface area contributed by atoms with E-state index in [1.165, 1.54) is 5.56 Å². The average molecular weight is 379 g/mol. The Bertz CT molecular complexity index is 1150. The lowest BCUT2D eigenvalue weighted by Crippen LogP contribution is -2.21. The van der Waals surface area contributed by atoms with E-state index in [1.807, 2.05) is 36.4 Å². The second-order valence-electron chi connectivity index (χ2n) is 7.12. The number of aromatic nitrogens is 2. The number of benzene rings is 3. The molecule has 0 spiro atoms. The van der Waals surface area contributed by atoms with Gasteiger partial charge in [-0.1, -0.05) is 60.7 Å². The van der Waals surface area contributed by atoms with Gasteiger partial charge in [0.05, 0.1) is 24.6 Å². The summed E-state index contributed by atoms with van der Waals surface area (Å²) in [5.74, 6) is 1.73. The number of nitrogens with zero attached hydrogens (tertiary/aromatic N) is 3. The Hall–Kier alpha value is -3.66. The highest BCUT2D eigenvalue weighted by Crippen LogP contribution is 2.36. The van der Waals surface area contributed by atoms with Crippen LogP contribution in [0, 0.1) is 0 Å². The van der Waals surface area contributed by atoms with Crippen molar-refractivity contribution in [3.05, 3.63) is 102 Å². The predicted octanol–water partition coefficient (Wildman–Crippen LogP) is 5.67. The van der Waals surface area contributed by atoms with Gasteiger partial charge in [-0.25, -0.2) is 9.67 Å². The normalized spacial score (nSPS) is 15.5. The molecule has 0 fully saturated rings. The van der Waals surface area contributed by atoms with Crippen LogP contribution in [-0.4, -0.2) is 22.6 Å². The minimum atomic E-state index is 0.110. The molecule has 142 valence electrons. The van der Waals surface area contributed by atoms with Crippen LogP contribution in [0.15, 0.2) is 96.0 Å². The average Bonchev–Trinajstić information content (AvgIpc) is 3.24. The van der Waals surface area contributed by atoms with Gasteiger partial charge in [0.1, 0.15) is 5.75 Å². The zero-order chi connectivity index (χ0) is 19.6. The van der Waals surface area contributed by atoms with Crippen LogP contribution >= 0.6 is 0 Å². The minimum absolute atomic E-state index is 0.110. The highest BCUT2D eigenvalue weighted by Gasteiger charge is 2.26. The molecular weight excluding hydrogens is 358 g/mol. The first-order valence-electron chi connectivity index (χ1n) is 9.74. The quantitative estimate of drug-likeness (QED) is 0.458. The van der Waals surface area contributed by atoms with Gasteiger partial charge in [0.2, 0.25) is 0 Å². The monoisotopic (exact) mass is 379 g/mol. The molecule has 29 heavy (non-hydrogen) atoms. The van der Waals surface area contributed by atoms with Crippen molar-refractivity contribution in [3.63, 3.8) is 0 Å². The first-order valence-corrected chi connectivity index (χ1v) is 9.74. The molecular formula is C25H21N3O. The fraction of sp³-hybridized carbons (Fsp3) is 0.120.